The first kappa shape index (κ1) is 27.0. The number of hydrogen-bond acceptors (Lipinski definition) is 7. The molecular weight excluding hydrogens is 412 g/mol. The Balaban J connectivity index is 2.95. The molecule has 1 aliphatic heterocycles. The minimum Gasteiger partial charge on any atom is -0.430 e. The lowest BCUT2D eigenvalue weighted by atomic mass is 9.99. The van der Waals surface area contributed by atoms with Crippen LogP contribution in [0.3, 0.4) is 0 Å². The average Bonchev–Trinajstić information content (AvgIpc) is 3.06. The normalized spacial score (nSPS) is 23.1. The Morgan fingerprint density at radius 1 is 1.13 bits per heavy atom. The third-order valence-electron chi connectivity index (χ3n) is 5.00. The maximum Gasteiger partial charge on any atom is 0.326 e. The summed E-state index contributed by atoms with van der Waals surface area (Å²) in [6.45, 7) is 9.34. The summed E-state index contributed by atoms with van der Waals surface area (Å²) >= 11 is 0. The molecule has 0 saturated carbocycles. The van der Waals surface area contributed by atoms with Gasteiger partial charge < -0.3 is 14.8 Å². The molecule has 2 unspecified atom stereocenters. The van der Waals surface area contributed by atoms with E-state index in [2.05, 4.69) is 17.2 Å². The van der Waals surface area contributed by atoms with Crippen LogP contribution in [-0.2, 0) is 23.9 Å². The molecule has 0 spiro atoms. The predicted molar refractivity (Wildman–Crippen MR) is 111 cm³/mol. The van der Waals surface area contributed by atoms with E-state index in [1.54, 1.807) is 13.8 Å². The van der Waals surface area contributed by atoms with Crippen molar-refractivity contribution in [1.82, 2.24) is 15.5 Å². The second-order valence-corrected chi connectivity index (χ2v) is 7.51. The van der Waals surface area contributed by atoms with Gasteiger partial charge in [0.1, 0.15) is 12.1 Å². The third-order valence-corrected chi connectivity index (χ3v) is 5.00. The molecule has 1 amide bonds. The van der Waals surface area contributed by atoms with Gasteiger partial charge in [0.2, 0.25) is 18.6 Å². The highest BCUT2D eigenvalue weighted by Crippen LogP contribution is 2.33. The lowest BCUT2D eigenvalue weighted by molar-refractivity contribution is -0.169. The van der Waals surface area contributed by atoms with Crippen LogP contribution in [0, 0.1) is 5.92 Å². The molecule has 1 aliphatic rings. The van der Waals surface area contributed by atoms with Crippen LogP contribution in [0.2, 0.25) is 0 Å². The van der Waals surface area contributed by atoms with Crippen LogP contribution in [0.25, 0.3) is 0 Å². The van der Waals surface area contributed by atoms with E-state index < -0.39 is 42.7 Å². The molecule has 5 atom stereocenters. The van der Waals surface area contributed by atoms with Crippen LogP contribution in [0.15, 0.2) is 12.7 Å². The zero-order valence-corrected chi connectivity index (χ0v) is 18.6. The van der Waals surface area contributed by atoms with Gasteiger partial charge in [0.05, 0.1) is 6.67 Å². The lowest BCUT2D eigenvalue weighted by Gasteiger charge is -2.29. The Morgan fingerprint density at radius 3 is 2.23 bits per heavy atom. The average molecular weight is 448 g/mol. The topological polar surface area (TPSA) is 97.0 Å². The van der Waals surface area contributed by atoms with Crippen LogP contribution in [0.1, 0.15) is 52.9 Å². The minimum atomic E-state index is -1.74. The second-order valence-electron chi connectivity index (χ2n) is 7.51. The zero-order valence-electron chi connectivity index (χ0n) is 18.6. The summed E-state index contributed by atoms with van der Waals surface area (Å²) in [4.78, 5) is 37.9. The maximum absolute atomic E-state index is 13.9. The van der Waals surface area contributed by atoms with Crippen molar-refractivity contribution >= 4 is 17.8 Å². The van der Waals surface area contributed by atoms with Gasteiger partial charge in [-0.05, 0) is 19.3 Å². The van der Waals surface area contributed by atoms with E-state index in [-0.39, 0.29) is 38.4 Å². The summed E-state index contributed by atoms with van der Waals surface area (Å²) in [6.07, 6.45) is -0.616. The van der Waals surface area contributed by atoms with E-state index in [9.17, 15) is 23.2 Å². The molecule has 8 nitrogen and oxygen atoms in total. The third kappa shape index (κ3) is 8.90. The van der Waals surface area contributed by atoms with Gasteiger partial charge in [-0.15, -0.1) is 6.58 Å². The van der Waals surface area contributed by atoms with Gasteiger partial charge in [-0.2, -0.15) is 0 Å². The number of carbonyl (C=O) groups is 3. The van der Waals surface area contributed by atoms with Crippen LogP contribution in [-0.4, -0.2) is 67.3 Å². The fourth-order valence-corrected chi connectivity index (χ4v) is 3.48. The van der Waals surface area contributed by atoms with E-state index in [4.69, 9.17) is 9.47 Å². The number of ether oxygens (including phenoxy) is 2. The van der Waals surface area contributed by atoms with E-state index in [0.29, 0.717) is 19.4 Å². The first-order valence-electron chi connectivity index (χ1n) is 10.8. The number of carbonyl (C=O) groups excluding carboxylic acids is 3. The minimum absolute atomic E-state index is 0.0709. The number of nitrogens with zero attached hydrogens (tertiary/aromatic N) is 1. The Labute approximate surface area is 182 Å². The number of hydrogen-bond donors (Lipinski definition) is 2. The summed E-state index contributed by atoms with van der Waals surface area (Å²) < 4.78 is 37.7. The number of alkyl halides is 2. The molecule has 1 saturated heterocycles. The molecule has 178 valence electrons. The van der Waals surface area contributed by atoms with Crippen molar-refractivity contribution in [3.8, 4) is 0 Å². The summed E-state index contributed by atoms with van der Waals surface area (Å²) in [6, 6.07) is -1.85. The van der Waals surface area contributed by atoms with Crippen molar-refractivity contribution < 1.29 is 32.6 Å². The Bertz CT molecular complexity index is 608. The number of amides is 1. The number of nitrogens with one attached hydrogen (secondary N) is 2. The van der Waals surface area contributed by atoms with Gasteiger partial charge in [0.25, 0.3) is 0 Å². The van der Waals surface area contributed by atoms with Crippen LogP contribution < -0.4 is 10.6 Å². The van der Waals surface area contributed by atoms with Crippen LogP contribution >= 0.6 is 0 Å². The number of halogens is 2. The summed E-state index contributed by atoms with van der Waals surface area (Å²) in [5, 5.41) is 5.54. The van der Waals surface area contributed by atoms with Crippen molar-refractivity contribution in [2.75, 3.05) is 19.8 Å². The fraction of sp³-hybridized carbons (Fsp3) is 0.762. The van der Waals surface area contributed by atoms with Crippen molar-refractivity contribution in [1.29, 1.82) is 0 Å². The molecule has 10 heteroatoms. The van der Waals surface area contributed by atoms with E-state index in [0.717, 1.165) is 0 Å². The molecular formula is C21H35F2N3O5. The number of esters is 2. The molecule has 0 aromatic rings. The highest BCUT2D eigenvalue weighted by atomic mass is 19.1. The largest absolute Gasteiger partial charge is 0.430 e. The Kier molecular flexibility index (Phi) is 12.2. The monoisotopic (exact) mass is 447 g/mol. The molecule has 0 bridgehead atoms. The van der Waals surface area contributed by atoms with Gasteiger partial charge in [-0.3, -0.25) is 24.6 Å². The van der Waals surface area contributed by atoms with Gasteiger partial charge in [-0.1, -0.05) is 19.9 Å². The highest BCUT2D eigenvalue weighted by Gasteiger charge is 2.48. The zero-order chi connectivity index (χ0) is 23.4. The molecule has 0 radical (unpaired) electrons. The number of likely N-dealkylation sites (tertiary alicyclic amines) is 1. The first-order valence-corrected chi connectivity index (χ1v) is 10.8. The van der Waals surface area contributed by atoms with Crippen molar-refractivity contribution in [3.63, 3.8) is 0 Å². The van der Waals surface area contributed by atoms with Crippen LogP contribution in [0.4, 0.5) is 8.78 Å². The fourth-order valence-electron chi connectivity index (χ4n) is 3.48. The Hall–Kier alpha value is -2.07. The Morgan fingerprint density at radius 2 is 1.71 bits per heavy atom. The standard InChI is InChI=1S/C21H35F2N3O5/c1-5-8-17(22)30-20(28)16-12-15(7-3)19(21(29)31-18(23)9-6-2)26(16)11-10-24-13-25-14(4)27/h7,15-19,24H,3,5-6,8-13H2,1-2,4H3,(H,25,27)/t15-,16-,17?,18?,19-/m1/s1. The van der Waals surface area contributed by atoms with Gasteiger partial charge in [0.15, 0.2) is 0 Å². The van der Waals surface area contributed by atoms with Crippen molar-refractivity contribution in [2.45, 2.75) is 77.7 Å². The smallest absolute Gasteiger partial charge is 0.326 e. The quantitative estimate of drug-likeness (QED) is 0.182. The van der Waals surface area contributed by atoms with E-state index in [1.165, 1.54) is 17.9 Å². The highest BCUT2D eigenvalue weighted by molar-refractivity contribution is 5.82. The summed E-state index contributed by atoms with van der Waals surface area (Å²) in [7, 11) is 0. The van der Waals surface area contributed by atoms with E-state index in [1.807, 2.05) is 0 Å². The molecule has 1 fully saturated rings. The molecule has 1 rings (SSSR count). The van der Waals surface area contributed by atoms with Crippen molar-refractivity contribution in [2.24, 2.45) is 5.92 Å². The van der Waals surface area contributed by atoms with Crippen LogP contribution in [0.5, 0.6) is 0 Å². The molecule has 31 heavy (non-hydrogen) atoms. The molecule has 0 aliphatic carbocycles. The first-order chi connectivity index (χ1) is 14.7. The van der Waals surface area contributed by atoms with Crippen molar-refractivity contribution in [3.05, 3.63) is 12.7 Å². The molecule has 2 N–H and O–H groups in total. The number of rotatable bonds is 14. The van der Waals surface area contributed by atoms with Gasteiger partial charge >= 0.3 is 11.9 Å². The molecule has 0 aromatic carbocycles. The SMILES string of the molecule is C=C[C@@H]1C[C@H](C(=O)OC(F)CCC)N(CCNCNC(C)=O)[C@H]1C(=O)OC(F)CCC. The summed E-state index contributed by atoms with van der Waals surface area (Å²) in [5.41, 5.74) is 0. The predicted octanol–water partition coefficient (Wildman–Crippen LogP) is 2.19. The summed E-state index contributed by atoms with van der Waals surface area (Å²) in [5.74, 6) is -2.28. The lowest BCUT2D eigenvalue weighted by Crippen LogP contribution is -2.50. The van der Waals surface area contributed by atoms with E-state index >= 15 is 0 Å². The second kappa shape index (κ2) is 14.1. The molecule has 1 heterocycles. The maximum atomic E-state index is 13.9. The molecule has 0 aromatic heterocycles. The van der Waals surface area contributed by atoms with Gasteiger partial charge in [0, 0.05) is 38.8 Å². The van der Waals surface area contributed by atoms with Gasteiger partial charge in [-0.25, -0.2) is 8.78 Å².